The Hall–Kier alpha value is -0.0400. The number of rotatable bonds is 0. The van der Waals surface area contributed by atoms with Crippen LogP contribution < -0.4 is 5.32 Å². The molecule has 11 heavy (non-hydrogen) atoms. The van der Waals surface area contributed by atoms with Crippen LogP contribution in [0.15, 0.2) is 0 Å². The summed E-state index contributed by atoms with van der Waals surface area (Å²) in [7, 11) is 0. The van der Waals surface area contributed by atoms with E-state index in [1.54, 1.807) is 0 Å². The van der Waals surface area contributed by atoms with E-state index in [-0.39, 0.29) is 0 Å². The molecule has 1 aliphatic carbocycles. The summed E-state index contributed by atoms with van der Waals surface area (Å²) in [4.78, 5) is 0. The van der Waals surface area contributed by atoms with Gasteiger partial charge in [0.1, 0.15) is 0 Å². The molecule has 0 amide bonds. The highest BCUT2D eigenvalue weighted by atomic mass is 14.9. The van der Waals surface area contributed by atoms with Crippen LogP contribution in [0.1, 0.15) is 27.2 Å². The highest BCUT2D eigenvalue weighted by molar-refractivity contribution is 5.00. The van der Waals surface area contributed by atoms with Crippen molar-refractivity contribution >= 4 is 0 Å². The predicted molar refractivity (Wildman–Crippen MR) is 47.4 cm³/mol. The van der Waals surface area contributed by atoms with E-state index in [0.29, 0.717) is 5.41 Å². The Morgan fingerprint density at radius 2 is 2.09 bits per heavy atom. The lowest BCUT2D eigenvalue weighted by molar-refractivity contribution is -0.0445. The summed E-state index contributed by atoms with van der Waals surface area (Å²) in [6, 6.07) is 0. The van der Waals surface area contributed by atoms with E-state index >= 15 is 0 Å². The molecule has 0 bridgehead atoms. The summed E-state index contributed by atoms with van der Waals surface area (Å²) in [6.07, 6.45) is 1.46. The molecule has 0 spiro atoms. The Balaban J connectivity index is 2.11. The smallest absolute Gasteiger partial charge is 0.000550 e. The zero-order valence-corrected chi connectivity index (χ0v) is 7.85. The molecule has 2 rings (SSSR count). The summed E-state index contributed by atoms with van der Waals surface area (Å²) in [6.45, 7) is 9.73. The molecule has 2 fully saturated rings. The highest BCUT2D eigenvalue weighted by Crippen LogP contribution is 2.51. The van der Waals surface area contributed by atoms with Gasteiger partial charge in [-0.05, 0) is 36.1 Å². The molecule has 1 saturated carbocycles. The topological polar surface area (TPSA) is 12.0 Å². The standard InChI is InChI=1S/C10H19N/c1-7-4-8-5-11-6-10(2,3)9(7)8/h7-9,11H,4-6H2,1-3H3/t7?,8?,9-/m1/s1. The van der Waals surface area contributed by atoms with Crippen LogP contribution in [-0.2, 0) is 0 Å². The van der Waals surface area contributed by atoms with Gasteiger partial charge in [-0.3, -0.25) is 0 Å². The molecule has 0 aromatic carbocycles. The average molecular weight is 153 g/mol. The van der Waals surface area contributed by atoms with Crippen molar-refractivity contribution in [3.63, 3.8) is 0 Å². The molecule has 64 valence electrons. The summed E-state index contributed by atoms with van der Waals surface area (Å²) < 4.78 is 0. The van der Waals surface area contributed by atoms with Gasteiger partial charge in [0.25, 0.3) is 0 Å². The normalized spacial score (nSPS) is 47.7. The van der Waals surface area contributed by atoms with Crippen LogP contribution in [0.3, 0.4) is 0 Å². The molecule has 0 aromatic rings. The zero-order chi connectivity index (χ0) is 8.06. The molecular weight excluding hydrogens is 134 g/mol. The fraction of sp³-hybridized carbons (Fsp3) is 1.00. The van der Waals surface area contributed by atoms with Gasteiger partial charge in [-0.15, -0.1) is 0 Å². The zero-order valence-electron chi connectivity index (χ0n) is 7.85. The Morgan fingerprint density at radius 1 is 1.36 bits per heavy atom. The van der Waals surface area contributed by atoms with E-state index in [4.69, 9.17) is 0 Å². The maximum absolute atomic E-state index is 3.53. The van der Waals surface area contributed by atoms with Crippen LogP contribution in [-0.4, -0.2) is 13.1 Å². The Morgan fingerprint density at radius 3 is 2.55 bits per heavy atom. The fourth-order valence-electron chi connectivity index (χ4n) is 3.36. The number of hydrogen-bond donors (Lipinski definition) is 1. The lowest BCUT2D eigenvalue weighted by atomic mass is 9.53. The van der Waals surface area contributed by atoms with Crippen LogP contribution in [0.5, 0.6) is 0 Å². The molecule has 0 radical (unpaired) electrons. The van der Waals surface area contributed by atoms with Crippen molar-refractivity contribution in [2.75, 3.05) is 13.1 Å². The molecule has 1 N–H and O–H groups in total. The number of fused-ring (bicyclic) bond motifs is 1. The van der Waals surface area contributed by atoms with Gasteiger partial charge in [0, 0.05) is 6.54 Å². The maximum atomic E-state index is 3.53. The quantitative estimate of drug-likeness (QED) is 0.560. The second-order valence-electron chi connectivity index (χ2n) is 5.12. The molecule has 2 aliphatic rings. The van der Waals surface area contributed by atoms with Crippen molar-refractivity contribution in [1.29, 1.82) is 0 Å². The van der Waals surface area contributed by atoms with Crippen molar-refractivity contribution < 1.29 is 0 Å². The van der Waals surface area contributed by atoms with Gasteiger partial charge in [0.2, 0.25) is 0 Å². The molecule has 1 nitrogen and oxygen atoms in total. The van der Waals surface area contributed by atoms with Gasteiger partial charge >= 0.3 is 0 Å². The maximum Gasteiger partial charge on any atom is 0.000550 e. The first kappa shape index (κ1) is 7.60. The molecule has 1 aliphatic heterocycles. The van der Waals surface area contributed by atoms with Crippen LogP contribution >= 0.6 is 0 Å². The Bertz CT molecular complexity index is 160. The minimum atomic E-state index is 0.556. The number of nitrogens with one attached hydrogen (secondary N) is 1. The monoisotopic (exact) mass is 153 g/mol. The Labute approximate surface area is 69.6 Å². The van der Waals surface area contributed by atoms with Crippen molar-refractivity contribution in [3.05, 3.63) is 0 Å². The van der Waals surface area contributed by atoms with Gasteiger partial charge in [0.05, 0.1) is 0 Å². The molecule has 0 aromatic heterocycles. The Kier molecular flexibility index (Phi) is 1.54. The summed E-state index contributed by atoms with van der Waals surface area (Å²) in [5, 5.41) is 3.53. The van der Waals surface area contributed by atoms with E-state index in [0.717, 1.165) is 17.8 Å². The molecule has 2 unspecified atom stereocenters. The second kappa shape index (κ2) is 2.22. The highest BCUT2D eigenvalue weighted by Gasteiger charge is 2.48. The molecular formula is C10H19N. The first-order valence-electron chi connectivity index (χ1n) is 4.82. The third-order valence-electron chi connectivity index (χ3n) is 3.68. The first-order chi connectivity index (χ1) is 5.11. The summed E-state index contributed by atoms with van der Waals surface area (Å²) in [5.41, 5.74) is 0.556. The van der Waals surface area contributed by atoms with E-state index in [2.05, 4.69) is 26.1 Å². The van der Waals surface area contributed by atoms with Crippen molar-refractivity contribution in [2.24, 2.45) is 23.2 Å². The fourth-order valence-corrected chi connectivity index (χ4v) is 3.36. The van der Waals surface area contributed by atoms with E-state index in [1.807, 2.05) is 0 Å². The predicted octanol–water partition coefficient (Wildman–Crippen LogP) is 1.89. The third-order valence-corrected chi connectivity index (χ3v) is 3.68. The molecule has 1 heterocycles. The number of hydrogen-bond acceptors (Lipinski definition) is 1. The van der Waals surface area contributed by atoms with Gasteiger partial charge in [0.15, 0.2) is 0 Å². The summed E-state index contributed by atoms with van der Waals surface area (Å²) in [5.74, 6) is 2.98. The van der Waals surface area contributed by atoms with Crippen LogP contribution in [0, 0.1) is 23.2 Å². The van der Waals surface area contributed by atoms with E-state index in [9.17, 15) is 0 Å². The van der Waals surface area contributed by atoms with Crippen molar-refractivity contribution in [2.45, 2.75) is 27.2 Å². The van der Waals surface area contributed by atoms with E-state index in [1.165, 1.54) is 19.5 Å². The molecule has 1 heteroatoms. The largest absolute Gasteiger partial charge is 0.316 e. The van der Waals surface area contributed by atoms with Crippen LogP contribution in [0.4, 0.5) is 0 Å². The van der Waals surface area contributed by atoms with Crippen LogP contribution in [0.2, 0.25) is 0 Å². The van der Waals surface area contributed by atoms with Gasteiger partial charge in [-0.25, -0.2) is 0 Å². The lowest BCUT2D eigenvalue weighted by Crippen LogP contribution is -2.57. The lowest BCUT2D eigenvalue weighted by Gasteiger charge is -2.55. The van der Waals surface area contributed by atoms with Gasteiger partial charge in [-0.2, -0.15) is 0 Å². The van der Waals surface area contributed by atoms with Gasteiger partial charge in [-0.1, -0.05) is 20.8 Å². The summed E-state index contributed by atoms with van der Waals surface area (Å²) >= 11 is 0. The third kappa shape index (κ3) is 1.01. The van der Waals surface area contributed by atoms with Crippen LogP contribution in [0.25, 0.3) is 0 Å². The first-order valence-corrected chi connectivity index (χ1v) is 4.82. The minimum absolute atomic E-state index is 0.556. The molecule has 3 atom stereocenters. The second-order valence-corrected chi connectivity index (χ2v) is 5.12. The van der Waals surface area contributed by atoms with Gasteiger partial charge < -0.3 is 5.32 Å². The van der Waals surface area contributed by atoms with Crippen molar-refractivity contribution in [3.8, 4) is 0 Å². The SMILES string of the molecule is CC1CC2CNCC(C)(C)[C@H]12. The number of piperidine rings is 1. The molecule has 1 saturated heterocycles. The van der Waals surface area contributed by atoms with E-state index < -0.39 is 0 Å². The average Bonchev–Trinajstić information content (AvgIpc) is 1.82. The minimum Gasteiger partial charge on any atom is -0.316 e. The van der Waals surface area contributed by atoms with Crippen molar-refractivity contribution in [1.82, 2.24) is 5.32 Å².